The topological polar surface area (TPSA) is 79.5 Å². The molecule has 0 saturated carbocycles. The fourth-order valence-electron chi connectivity index (χ4n) is 2.14. The van der Waals surface area contributed by atoms with Crippen molar-refractivity contribution in [2.75, 3.05) is 17.7 Å². The molecule has 0 aromatic heterocycles. The van der Waals surface area contributed by atoms with Gasteiger partial charge in [0.25, 0.3) is 0 Å². The van der Waals surface area contributed by atoms with E-state index in [1.54, 1.807) is 38.3 Å². The fraction of sp³-hybridized carbons (Fsp3) is 0.222. The minimum absolute atomic E-state index is 0.438. The normalized spacial score (nSPS) is 11.3. The Morgan fingerprint density at radius 1 is 1.08 bits per heavy atom. The van der Waals surface area contributed by atoms with Crippen LogP contribution in [-0.2, 0) is 4.79 Å². The summed E-state index contributed by atoms with van der Waals surface area (Å²) in [7, 11) is 1.56. The average molecular weight is 327 g/mol. The molecular formula is C18H21N3O3. The maximum atomic E-state index is 12.2. The van der Waals surface area contributed by atoms with E-state index in [9.17, 15) is 9.59 Å². The molecule has 2 aromatic carbocycles. The Kier molecular flexibility index (Phi) is 5.78. The van der Waals surface area contributed by atoms with Gasteiger partial charge in [0.2, 0.25) is 5.91 Å². The van der Waals surface area contributed by atoms with Gasteiger partial charge in [-0.15, -0.1) is 0 Å². The number of methoxy groups -OCH3 is 1. The van der Waals surface area contributed by atoms with Gasteiger partial charge in [-0.2, -0.15) is 0 Å². The molecule has 0 aliphatic rings. The van der Waals surface area contributed by atoms with Gasteiger partial charge in [-0.05, 0) is 43.7 Å². The summed E-state index contributed by atoms with van der Waals surface area (Å²) in [5.41, 5.74) is 2.35. The first-order chi connectivity index (χ1) is 11.5. The van der Waals surface area contributed by atoms with E-state index in [4.69, 9.17) is 4.74 Å². The van der Waals surface area contributed by atoms with Crippen LogP contribution >= 0.6 is 0 Å². The summed E-state index contributed by atoms with van der Waals surface area (Å²) in [4.78, 5) is 24.0. The standard InChI is InChI=1S/C18H21N3O3/c1-12-9-10-16(24-3)15(11-12)19-13(2)17(22)21-18(23)20-14-7-5-4-6-8-14/h4-11,13,19H,1-3H3,(H2,20,21,22,23). The Hall–Kier alpha value is -3.02. The van der Waals surface area contributed by atoms with Crippen molar-refractivity contribution in [3.63, 3.8) is 0 Å². The van der Waals surface area contributed by atoms with Crippen molar-refractivity contribution in [3.05, 3.63) is 54.1 Å². The highest BCUT2D eigenvalue weighted by atomic mass is 16.5. The summed E-state index contributed by atoms with van der Waals surface area (Å²) in [6, 6.07) is 13.4. The van der Waals surface area contributed by atoms with Crippen LogP contribution in [-0.4, -0.2) is 25.1 Å². The van der Waals surface area contributed by atoms with Crippen LogP contribution < -0.4 is 20.7 Å². The van der Waals surface area contributed by atoms with Crippen molar-refractivity contribution in [1.29, 1.82) is 0 Å². The van der Waals surface area contributed by atoms with Crippen LogP contribution in [0, 0.1) is 6.92 Å². The minimum Gasteiger partial charge on any atom is -0.495 e. The Bertz CT molecular complexity index is 717. The lowest BCUT2D eigenvalue weighted by Gasteiger charge is -2.17. The van der Waals surface area contributed by atoms with Crippen molar-refractivity contribution < 1.29 is 14.3 Å². The summed E-state index contributed by atoms with van der Waals surface area (Å²) in [6.45, 7) is 3.62. The molecule has 0 radical (unpaired) electrons. The smallest absolute Gasteiger partial charge is 0.325 e. The number of ether oxygens (including phenoxy) is 1. The highest BCUT2D eigenvalue weighted by molar-refractivity contribution is 6.03. The third-order valence-corrected chi connectivity index (χ3v) is 3.39. The molecule has 0 bridgehead atoms. The average Bonchev–Trinajstić information content (AvgIpc) is 2.55. The number of hydrogen-bond donors (Lipinski definition) is 3. The lowest BCUT2D eigenvalue weighted by atomic mass is 10.2. The van der Waals surface area contributed by atoms with E-state index >= 15 is 0 Å². The highest BCUT2D eigenvalue weighted by Gasteiger charge is 2.17. The number of carbonyl (C=O) groups excluding carboxylic acids is 2. The van der Waals surface area contributed by atoms with Crippen LogP contribution in [0.1, 0.15) is 12.5 Å². The molecule has 0 heterocycles. The lowest BCUT2D eigenvalue weighted by Crippen LogP contribution is -2.43. The van der Waals surface area contributed by atoms with Crippen molar-refractivity contribution in [2.24, 2.45) is 0 Å². The van der Waals surface area contributed by atoms with E-state index in [1.165, 1.54) is 0 Å². The molecule has 0 aliphatic carbocycles. The first kappa shape index (κ1) is 17.3. The van der Waals surface area contributed by atoms with Gasteiger partial charge in [-0.3, -0.25) is 10.1 Å². The molecule has 3 N–H and O–H groups in total. The van der Waals surface area contributed by atoms with Gasteiger partial charge in [0.15, 0.2) is 0 Å². The summed E-state index contributed by atoms with van der Waals surface area (Å²) in [5, 5.41) is 7.96. The van der Waals surface area contributed by atoms with E-state index in [0.717, 1.165) is 5.56 Å². The number of nitrogens with one attached hydrogen (secondary N) is 3. The first-order valence-corrected chi connectivity index (χ1v) is 7.57. The highest BCUT2D eigenvalue weighted by Crippen LogP contribution is 2.25. The number of carbonyl (C=O) groups is 2. The quantitative estimate of drug-likeness (QED) is 0.788. The fourth-order valence-corrected chi connectivity index (χ4v) is 2.14. The zero-order chi connectivity index (χ0) is 17.5. The third kappa shape index (κ3) is 4.74. The second kappa shape index (κ2) is 8.01. The number of rotatable bonds is 5. The number of amides is 3. The predicted molar refractivity (Wildman–Crippen MR) is 94.4 cm³/mol. The van der Waals surface area contributed by atoms with Gasteiger partial charge in [0, 0.05) is 5.69 Å². The lowest BCUT2D eigenvalue weighted by molar-refractivity contribution is -0.120. The van der Waals surface area contributed by atoms with Gasteiger partial charge in [0.05, 0.1) is 12.8 Å². The maximum absolute atomic E-state index is 12.2. The van der Waals surface area contributed by atoms with E-state index in [2.05, 4.69) is 16.0 Å². The molecule has 6 nitrogen and oxygen atoms in total. The van der Waals surface area contributed by atoms with Crippen LogP contribution in [0.3, 0.4) is 0 Å². The summed E-state index contributed by atoms with van der Waals surface area (Å²) in [5.74, 6) is 0.195. The van der Waals surface area contributed by atoms with Crippen LogP contribution in [0.25, 0.3) is 0 Å². The van der Waals surface area contributed by atoms with Crippen molar-refractivity contribution in [1.82, 2.24) is 5.32 Å². The van der Waals surface area contributed by atoms with Crippen molar-refractivity contribution >= 4 is 23.3 Å². The number of hydrogen-bond acceptors (Lipinski definition) is 4. The molecule has 126 valence electrons. The number of anilines is 2. The van der Waals surface area contributed by atoms with Gasteiger partial charge in [0.1, 0.15) is 11.8 Å². The molecular weight excluding hydrogens is 306 g/mol. The number of imide groups is 1. The monoisotopic (exact) mass is 327 g/mol. The predicted octanol–water partition coefficient (Wildman–Crippen LogP) is 3.15. The van der Waals surface area contributed by atoms with Gasteiger partial charge in [-0.25, -0.2) is 4.79 Å². The molecule has 24 heavy (non-hydrogen) atoms. The molecule has 0 saturated heterocycles. The van der Waals surface area contributed by atoms with Crippen molar-refractivity contribution in [3.8, 4) is 5.75 Å². The first-order valence-electron chi connectivity index (χ1n) is 7.57. The molecule has 1 unspecified atom stereocenters. The zero-order valence-corrected chi connectivity index (χ0v) is 13.9. The van der Waals surface area contributed by atoms with Crippen LogP contribution in [0.5, 0.6) is 5.75 Å². The molecule has 1 atom stereocenters. The van der Waals surface area contributed by atoms with E-state index < -0.39 is 18.0 Å². The Morgan fingerprint density at radius 3 is 2.46 bits per heavy atom. The Morgan fingerprint density at radius 2 is 1.79 bits per heavy atom. The zero-order valence-electron chi connectivity index (χ0n) is 13.9. The third-order valence-electron chi connectivity index (χ3n) is 3.39. The molecule has 6 heteroatoms. The van der Waals surface area contributed by atoms with Crippen LogP contribution in [0.4, 0.5) is 16.2 Å². The summed E-state index contributed by atoms with van der Waals surface area (Å²) in [6.07, 6.45) is 0. The second-order valence-electron chi connectivity index (χ2n) is 5.38. The molecule has 2 rings (SSSR count). The Balaban J connectivity index is 1.95. The van der Waals surface area contributed by atoms with Gasteiger partial charge >= 0.3 is 6.03 Å². The molecule has 3 amide bonds. The van der Waals surface area contributed by atoms with E-state index in [0.29, 0.717) is 17.1 Å². The molecule has 0 fully saturated rings. The Labute approximate surface area is 141 Å². The number of para-hydroxylation sites is 1. The van der Waals surface area contributed by atoms with E-state index in [-0.39, 0.29) is 0 Å². The van der Waals surface area contributed by atoms with Crippen LogP contribution in [0.2, 0.25) is 0 Å². The summed E-state index contributed by atoms with van der Waals surface area (Å²) >= 11 is 0. The van der Waals surface area contributed by atoms with Crippen molar-refractivity contribution in [2.45, 2.75) is 19.9 Å². The van der Waals surface area contributed by atoms with Crippen LogP contribution in [0.15, 0.2) is 48.5 Å². The van der Waals surface area contributed by atoms with Gasteiger partial charge in [-0.1, -0.05) is 24.3 Å². The SMILES string of the molecule is COc1ccc(C)cc1NC(C)C(=O)NC(=O)Nc1ccccc1. The molecule has 0 spiro atoms. The minimum atomic E-state index is -0.609. The van der Waals surface area contributed by atoms with Gasteiger partial charge < -0.3 is 15.4 Å². The second-order valence-corrected chi connectivity index (χ2v) is 5.38. The maximum Gasteiger partial charge on any atom is 0.325 e. The largest absolute Gasteiger partial charge is 0.495 e. The summed E-state index contributed by atoms with van der Waals surface area (Å²) < 4.78 is 5.27. The number of benzene rings is 2. The van der Waals surface area contributed by atoms with E-state index in [1.807, 2.05) is 31.2 Å². The number of urea groups is 1. The molecule has 2 aromatic rings. The molecule has 0 aliphatic heterocycles. The number of aryl methyl sites for hydroxylation is 1.